The molecule has 6 heteroatoms. The Balaban J connectivity index is 1.76. The molecule has 3 rings (SSSR count). The topological polar surface area (TPSA) is 68.4 Å². The number of benzene rings is 2. The maximum absolute atomic E-state index is 9.79. The summed E-state index contributed by atoms with van der Waals surface area (Å²) in [6, 6.07) is 13.9. The van der Waals surface area contributed by atoms with Crippen LogP contribution in [0.15, 0.2) is 53.1 Å². The van der Waals surface area contributed by atoms with Crippen LogP contribution in [0.5, 0.6) is 11.5 Å². The van der Waals surface area contributed by atoms with Crippen molar-refractivity contribution >= 4 is 11.6 Å². The van der Waals surface area contributed by atoms with Gasteiger partial charge in [0.2, 0.25) is 5.82 Å². The van der Waals surface area contributed by atoms with Crippen LogP contribution in [0.4, 0.5) is 0 Å². The van der Waals surface area contributed by atoms with Crippen LogP contribution < -0.4 is 4.74 Å². The molecular weight excluding hydrogens is 292 g/mol. The molecule has 1 aromatic heterocycles. The molecule has 1 heterocycles. The Morgan fingerprint density at radius 2 is 1.95 bits per heavy atom. The first-order valence-electron chi connectivity index (χ1n) is 6.22. The van der Waals surface area contributed by atoms with Gasteiger partial charge in [-0.25, -0.2) is 0 Å². The zero-order valence-corrected chi connectivity index (χ0v) is 11.6. The number of aromatic nitrogens is 2. The molecule has 0 aliphatic carbocycles. The summed E-state index contributed by atoms with van der Waals surface area (Å²) in [7, 11) is 0. The molecule has 5 nitrogen and oxygen atoms in total. The van der Waals surface area contributed by atoms with Crippen LogP contribution in [0.3, 0.4) is 0 Å². The SMILES string of the molecule is Oc1ccc(Cl)cc1-c1nc(COc2ccccc2)no1. The molecule has 21 heavy (non-hydrogen) atoms. The molecule has 106 valence electrons. The van der Waals surface area contributed by atoms with E-state index in [2.05, 4.69) is 10.1 Å². The second kappa shape index (κ2) is 5.85. The minimum Gasteiger partial charge on any atom is -0.507 e. The fraction of sp³-hybridized carbons (Fsp3) is 0.0667. The minimum atomic E-state index is 0.0265. The number of aromatic hydroxyl groups is 1. The number of phenols is 1. The van der Waals surface area contributed by atoms with Crippen molar-refractivity contribution in [3.8, 4) is 23.0 Å². The van der Waals surface area contributed by atoms with E-state index in [1.165, 1.54) is 6.07 Å². The van der Waals surface area contributed by atoms with Crippen LogP contribution in [-0.2, 0) is 6.61 Å². The van der Waals surface area contributed by atoms with Crippen molar-refractivity contribution in [2.45, 2.75) is 6.61 Å². The molecule has 0 aliphatic heterocycles. The first-order valence-corrected chi connectivity index (χ1v) is 6.59. The third-order valence-corrected chi connectivity index (χ3v) is 3.00. The van der Waals surface area contributed by atoms with Crippen molar-refractivity contribution in [1.29, 1.82) is 0 Å². The van der Waals surface area contributed by atoms with Gasteiger partial charge in [0.1, 0.15) is 11.5 Å². The van der Waals surface area contributed by atoms with Crippen LogP contribution in [0.2, 0.25) is 5.02 Å². The third kappa shape index (κ3) is 3.14. The minimum absolute atomic E-state index is 0.0265. The summed E-state index contributed by atoms with van der Waals surface area (Å²) in [5.74, 6) is 1.32. The highest BCUT2D eigenvalue weighted by Crippen LogP contribution is 2.30. The van der Waals surface area contributed by atoms with E-state index in [0.29, 0.717) is 16.4 Å². The predicted molar refractivity (Wildman–Crippen MR) is 77.2 cm³/mol. The summed E-state index contributed by atoms with van der Waals surface area (Å²) in [5, 5.41) is 14.1. The van der Waals surface area contributed by atoms with Crippen molar-refractivity contribution in [3.63, 3.8) is 0 Å². The average Bonchev–Trinajstić information content (AvgIpc) is 2.97. The van der Waals surface area contributed by atoms with Gasteiger partial charge in [-0.15, -0.1) is 0 Å². The van der Waals surface area contributed by atoms with E-state index in [1.807, 2.05) is 30.3 Å². The van der Waals surface area contributed by atoms with Gasteiger partial charge in [0.15, 0.2) is 6.61 Å². The molecule has 0 fully saturated rings. The molecule has 0 saturated carbocycles. The zero-order chi connectivity index (χ0) is 14.7. The third-order valence-electron chi connectivity index (χ3n) is 2.77. The van der Waals surface area contributed by atoms with E-state index in [0.717, 1.165) is 5.75 Å². The Morgan fingerprint density at radius 3 is 2.76 bits per heavy atom. The molecule has 0 amide bonds. The van der Waals surface area contributed by atoms with Crippen molar-refractivity contribution in [3.05, 3.63) is 59.4 Å². The molecule has 0 spiro atoms. The molecule has 0 bridgehead atoms. The van der Waals surface area contributed by atoms with Gasteiger partial charge in [0, 0.05) is 5.02 Å². The number of hydrogen-bond acceptors (Lipinski definition) is 5. The predicted octanol–water partition coefficient (Wildman–Crippen LogP) is 3.67. The van der Waals surface area contributed by atoms with Crippen molar-refractivity contribution in [1.82, 2.24) is 10.1 Å². The number of halogens is 1. The second-order valence-electron chi connectivity index (χ2n) is 4.28. The molecule has 3 aromatic rings. The molecule has 0 unspecified atom stereocenters. The van der Waals surface area contributed by atoms with Crippen molar-refractivity contribution in [2.75, 3.05) is 0 Å². The van der Waals surface area contributed by atoms with Gasteiger partial charge in [-0.05, 0) is 30.3 Å². The van der Waals surface area contributed by atoms with Gasteiger partial charge in [-0.2, -0.15) is 4.98 Å². The lowest BCUT2D eigenvalue weighted by atomic mass is 10.2. The highest BCUT2D eigenvalue weighted by atomic mass is 35.5. The summed E-state index contributed by atoms with van der Waals surface area (Å²) in [4.78, 5) is 4.18. The van der Waals surface area contributed by atoms with E-state index in [4.69, 9.17) is 20.9 Å². The average molecular weight is 303 g/mol. The molecule has 1 N–H and O–H groups in total. The Kier molecular flexibility index (Phi) is 3.75. The molecule has 0 saturated heterocycles. The van der Waals surface area contributed by atoms with Crippen molar-refractivity contribution < 1.29 is 14.4 Å². The number of nitrogens with zero attached hydrogens (tertiary/aromatic N) is 2. The van der Waals surface area contributed by atoms with Crippen LogP contribution in [-0.4, -0.2) is 15.2 Å². The summed E-state index contributed by atoms with van der Waals surface area (Å²) >= 11 is 5.89. The standard InChI is InChI=1S/C15H11ClN2O3/c16-10-6-7-13(19)12(8-10)15-17-14(18-21-15)9-20-11-4-2-1-3-5-11/h1-8,19H,9H2. The molecular formula is C15H11ClN2O3. The van der Waals surface area contributed by atoms with E-state index in [9.17, 15) is 5.11 Å². The van der Waals surface area contributed by atoms with Crippen LogP contribution in [0.25, 0.3) is 11.5 Å². The number of phenolic OH excluding ortho intramolecular Hbond substituents is 1. The molecule has 0 aliphatic rings. The van der Waals surface area contributed by atoms with E-state index >= 15 is 0 Å². The molecule has 0 radical (unpaired) electrons. The van der Waals surface area contributed by atoms with Gasteiger partial charge in [-0.1, -0.05) is 35.0 Å². The van der Waals surface area contributed by atoms with Crippen molar-refractivity contribution in [2.24, 2.45) is 0 Å². The quantitative estimate of drug-likeness (QED) is 0.796. The lowest BCUT2D eigenvalue weighted by Gasteiger charge is -2.01. The number of hydrogen-bond donors (Lipinski definition) is 1. The van der Waals surface area contributed by atoms with Crippen LogP contribution in [0, 0.1) is 0 Å². The van der Waals surface area contributed by atoms with E-state index in [-0.39, 0.29) is 18.2 Å². The lowest BCUT2D eigenvalue weighted by Crippen LogP contribution is -1.97. The Labute approximate surface area is 125 Å². The Hall–Kier alpha value is -2.53. The largest absolute Gasteiger partial charge is 0.507 e. The van der Waals surface area contributed by atoms with Gasteiger partial charge >= 0.3 is 0 Å². The Morgan fingerprint density at radius 1 is 1.14 bits per heavy atom. The fourth-order valence-corrected chi connectivity index (χ4v) is 1.94. The van der Waals surface area contributed by atoms with Crippen LogP contribution in [0.1, 0.15) is 5.82 Å². The van der Waals surface area contributed by atoms with Gasteiger partial charge in [0.05, 0.1) is 5.56 Å². The van der Waals surface area contributed by atoms with Gasteiger partial charge < -0.3 is 14.4 Å². The lowest BCUT2D eigenvalue weighted by molar-refractivity contribution is 0.287. The maximum atomic E-state index is 9.79. The van der Waals surface area contributed by atoms with E-state index in [1.54, 1.807) is 12.1 Å². The van der Waals surface area contributed by atoms with Gasteiger partial charge in [-0.3, -0.25) is 0 Å². The summed E-state index contributed by atoms with van der Waals surface area (Å²) in [6.07, 6.45) is 0. The molecule has 2 aromatic carbocycles. The summed E-state index contributed by atoms with van der Waals surface area (Å²) in [5.41, 5.74) is 0.390. The van der Waals surface area contributed by atoms with E-state index < -0.39 is 0 Å². The highest BCUT2D eigenvalue weighted by Gasteiger charge is 2.13. The molecule has 0 atom stereocenters. The Bertz CT molecular complexity index is 744. The number of para-hydroxylation sites is 1. The van der Waals surface area contributed by atoms with Gasteiger partial charge in [0.25, 0.3) is 5.89 Å². The number of ether oxygens (including phenoxy) is 1. The first kappa shape index (κ1) is 13.5. The normalized spacial score (nSPS) is 10.5. The first-order chi connectivity index (χ1) is 10.2. The highest BCUT2D eigenvalue weighted by molar-refractivity contribution is 6.30. The monoisotopic (exact) mass is 302 g/mol. The second-order valence-corrected chi connectivity index (χ2v) is 4.72. The maximum Gasteiger partial charge on any atom is 0.261 e. The number of rotatable bonds is 4. The summed E-state index contributed by atoms with van der Waals surface area (Å²) < 4.78 is 10.6. The summed E-state index contributed by atoms with van der Waals surface area (Å²) in [6.45, 7) is 0.175. The fourth-order valence-electron chi connectivity index (χ4n) is 1.77. The zero-order valence-electron chi connectivity index (χ0n) is 10.9. The van der Waals surface area contributed by atoms with Crippen LogP contribution >= 0.6 is 11.6 Å². The smallest absolute Gasteiger partial charge is 0.261 e.